The molecule has 4 N–H and O–H groups in total. The number of aromatic nitrogens is 2. The van der Waals surface area contributed by atoms with Gasteiger partial charge in [0.2, 0.25) is 0 Å². The van der Waals surface area contributed by atoms with Crippen molar-refractivity contribution < 1.29 is 0 Å². The van der Waals surface area contributed by atoms with E-state index in [2.05, 4.69) is 14.9 Å². The standard InChI is InChI=1S/C13H20N4O/c1-9(14)4-3-7-17(2)10-5-6-11-12(8-10)16-13(18)15-11/h5-6,8-9H,3-4,7,14H2,1-2H3,(H2,15,16,18). The second-order valence-electron chi connectivity index (χ2n) is 4.85. The van der Waals surface area contributed by atoms with Crippen LogP contribution in [0.15, 0.2) is 23.0 Å². The lowest BCUT2D eigenvalue weighted by atomic mass is 10.2. The van der Waals surface area contributed by atoms with Gasteiger partial charge in [0.1, 0.15) is 0 Å². The average molecular weight is 248 g/mol. The monoisotopic (exact) mass is 248 g/mol. The number of aromatic amines is 2. The van der Waals surface area contributed by atoms with Crippen molar-refractivity contribution in [2.75, 3.05) is 18.5 Å². The summed E-state index contributed by atoms with van der Waals surface area (Å²) in [6, 6.07) is 6.17. The van der Waals surface area contributed by atoms with Gasteiger partial charge in [-0.1, -0.05) is 0 Å². The van der Waals surface area contributed by atoms with Gasteiger partial charge in [0.25, 0.3) is 0 Å². The molecule has 2 rings (SSSR count). The Morgan fingerprint density at radius 3 is 2.78 bits per heavy atom. The number of nitrogens with one attached hydrogen (secondary N) is 2. The predicted octanol–water partition coefficient (Wildman–Crippen LogP) is 1.42. The topological polar surface area (TPSA) is 77.9 Å². The van der Waals surface area contributed by atoms with Crippen LogP contribution in [0.3, 0.4) is 0 Å². The van der Waals surface area contributed by atoms with Crippen molar-refractivity contribution in [1.82, 2.24) is 9.97 Å². The van der Waals surface area contributed by atoms with Crippen molar-refractivity contribution >= 4 is 16.7 Å². The highest BCUT2D eigenvalue weighted by atomic mass is 16.1. The van der Waals surface area contributed by atoms with Crippen LogP contribution in [-0.4, -0.2) is 29.6 Å². The maximum atomic E-state index is 11.2. The number of hydrogen-bond donors (Lipinski definition) is 3. The zero-order valence-corrected chi connectivity index (χ0v) is 10.9. The minimum absolute atomic E-state index is 0.165. The van der Waals surface area contributed by atoms with Crippen LogP contribution < -0.4 is 16.3 Å². The fraction of sp³-hybridized carbons (Fsp3) is 0.462. The van der Waals surface area contributed by atoms with Crippen LogP contribution in [0.2, 0.25) is 0 Å². The van der Waals surface area contributed by atoms with Gasteiger partial charge in [0.05, 0.1) is 11.0 Å². The maximum absolute atomic E-state index is 11.2. The van der Waals surface area contributed by atoms with Crippen LogP contribution in [0.4, 0.5) is 5.69 Å². The van der Waals surface area contributed by atoms with Crippen LogP contribution in [0.5, 0.6) is 0 Å². The summed E-state index contributed by atoms with van der Waals surface area (Å²) in [5, 5.41) is 0. The number of fused-ring (bicyclic) bond motifs is 1. The van der Waals surface area contributed by atoms with E-state index in [0.717, 1.165) is 36.1 Å². The highest BCUT2D eigenvalue weighted by molar-refractivity contribution is 5.78. The fourth-order valence-corrected chi connectivity index (χ4v) is 2.04. The Hall–Kier alpha value is -1.75. The van der Waals surface area contributed by atoms with Crippen molar-refractivity contribution in [1.29, 1.82) is 0 Å². The minimum Gasteiger partial charge on any atom is -0.375 e. The van der Waals surface area contributed by atoms with E-state index in [1.807, 2.05) is 32.2 Å². The summed E-state index contributed by atoms with van der Waals surface area (Å²) in [6.07, 6.45) is 2.09. The molecule has 0 fully saturated rings. The molecular formula is C13H20N4O. The largest absolute Gasteiger partial charge is 0.375 e. The van der Waals surface area contributed by atoms with Gasteiger partial charge in [-0.15, -0.1) is 0 Å². The lowest BCUT2D eigenvalue weighted by molar-refractivity contribution is 0.622. The molecule has 0 saturated carbocycles. The van der Waals surface area contributed by atoms with Gasteiger partial charge in [-0.2, -0.15) is 0 Å². The van der Waals surface area contributed by atoms with E-state index in [1.54, 1.807) is 0 Å². The Labute approximate surface area is 106 Å². The summed E-state index contributed by atoms with van der Waals surface area (Å²) in [4.78, 5) is 18.9. The number of imidazole rings is 1. The summed E-state index contributed by atoms with van der Waals surface area (Å²) in [5.74, 6) is 0. The van der Waals surface area contributed by atoms with Gasteiger partial charge in [0, 0.05) is 25.3 Å². The first-order valence-electron chi connectivity index (χ1n) is 6.25. The van der Waals surface area contributed by atoms with Gasteiger partial charge in [-0.25, -0.2) is 4.79 Å². The molecule has 2 aromatic rings. The zero-order chi connectivity index (χ0) is 13.1. The zero-order valence-electron chi connectivity index (χ0n) is 10.9. The SMILES string of the molecule is CC(N)CCCN(C)c1ccc2[nH]c(=O)[nH]c2c1. The molecule has 18 heavy (non-hydrogen) atoms. The second-order valence-corrected chi connectivity index (χ2v) is 4.85. The highest BCUT2D eigenvalue weighted by Crippen LogP contribution is 2.18. The predicted molar refractivity (Wildman–Crippen MR) is 75.1 cm³/mol. The number of benzene rings is 1. The number of rotatable bonds is 5. The average Bonchev–Trinajstić information content (AvgIpc) is 2.67. The third-order valence-corrected chi connectivity index (χ3v) is 3.09. The molecule has 0 aliphatic rings. The molecule has 0 aliphatic carbocycles. The first-order chi connectivity index (χ1) is 8.56. The molecule has 0 saturated heterocycles. The van der Waals surface area contributed by atoms with Crippen molar-refractivity contribution in [3.63, 3.8) is 0 Å². The smallest absolute Gasteiger partial charge is 0.323 e. The molecule has 0 amide bonds. The van der Waals surface area contributed by atoms with Crippen LogP contribution in [0.25, 0.3) is 11.0 Å². The minimum atomic E-state index is -0.165. The highest BCUT2D eigenvalue weighted by Gasteiger charge is 2.04. The van der Waals surface area contributed by atoms with Gasteiger partial charge in [0.15, 0.2) is 0 Å². The van der Waals surface area contributed by atoms with Crippen molar-refractivity contribution in [2.45, 2.75) is 25.8 Å². The molecule has 1 unspecified atom stereocenters. The Morgan fingerprint density at radius 2 is 2.06 bits per heavy atom. The molecule has 5 heteroatoms. The quantitative estimate of drug-likeness (QED) is 0.749. The number of nitrogens with zero attached hydrogens (tertiary/aromatic N) is 1. The van der Waals surface area contributed by atoms with Crippen molar-refractivity contribution in [3.05, 3.63) is 28.7 Å². The van der Waals surface area contributed by atoms with Crippen LogP contribution in [0.1, 0.15) is 19.8 Å². The first kappa shape index (κ1) is 12.7. The Kier molecular flexibility index (Phi) is 3.72. The summed E-state index contributed by atoms with van der Waals surface area (Å²) >= 11 is 0. The molecule has 1 aromatic carbocycles. The first-order valence-corrected chi connectivity index (χ1v) is 6.25. The lowest BCUT2D eigenvalue weighted by Crippen LogP contribution is -2.22. The molecule has 5 nitrogen and oxygen atoms in total. The van der Waals surface area contributed by atoms with Crippen LogP contribution in [0, 0.1) is 0 Å². The van der Waals surface area contributed by atoms with Gasteiger partial charge in [-0.05, 0) is 38.0 Å². The van der Waals surface area contributed by atoms with Gasteiger partial charge in [-0.3, -0.25) is 0 Å². The van der Waals surface area contributed by atoms with E-state index >= 15 is 0 Å². The molecule has 0 radical (unpaired) electrons. The van der Waals surface area contributed by atoms with Crippen LogP contribution in [-0.2, 0) is 0 Å². The van der Waals surface area contributed by atoms with E-state index < -0.39 is 0 Å². The van der Waals surface area contributed by atoms with E-state index in [1.165, 1.54) is 0 Å². The Balaban J connectivity index is 2.07. The van der Waals surface area contributed by atoms with Crippen LogP contribution >= 0.6 is 0 Å². The molecular weight excluding hydrogens is 228 g/mol. The fourth-order valence-electron chi connectivity index (χ4n) is 2.04. The van der Waals surface area contributed by atoms with Crippen molar-refractivity contribution in [2.24, 2.45) is 5.73 Å². The normalized spacial score (nSPS) is 12.8. The summed E-state index contributed by atoms with van der Waals surface area (Å²) in [7, 11) is 2.05. The van der Waals surface area contributed by atoms with E-state index in [4.69, 9.17) is 5.73 Å². The van der Waals surface area contributed by atoms with Crippen molar-refractivity contribution in [3.8, 4) is 0 Å². The summed E-state index contributed by atoms with van der Waals surface area (Å²) < 4.78 is 0. The molecule has 0 aliphatic heterocycles. The third kappa shape index (κ3) is 2.92. The number of nitrogens with two attached hydrogens (primary N) is 1. The van der Waals surface area contributed by atoms with E-state index in [-0.39, 0.29) is 11.7 Å². The summed E-state index contributed by atoms with van der Waals surface area (Å²) in [6.45, 7) is 2.98. The summed E-state index contributed by atoms with van der Waals surface area (Å²) in [5.41, 5.74) is 8.35. The molecule has 98 valence electrons. The molecule has 0 bridgehead atoms. The van der Waals surface area contributed by atoms with Gasteiger partial charge >= 0.3 is 5.69 Å². The Bertz CT molecular complexity index is 570. The number of anilines is 1. The second kappa shape index (κ2) is 5.27. The maximum Gasteiger partial charge on any atom is 0.323 e. The molecule has 1 heterocycles. The lowest BCUT2D eigenvalue weighted by Gasteiger charge is -2.19. The molecule has 0 spiro atoms. The third-order valence-electron chi connectivity index (χ3n) is 3.09. The Morgan fingerprint density at radius 1 is 1.33 bits per heavy atom. The molecule has 1 atom stereocenters. The van der Waals surface area contributed by atoms with Gasteiger partial charge < -0.3 is 20.6 Å². The molecule has 1 aromatic heterocycles. The number of H-pyrrole nitrogens is 2. The van der Waals surface area contributed by atoms with E-state index in [0.29, 0.717) is 0 Å². The number of hydrogen-bond acceptors (Lipinski definition) is 3. The van der Waals surface area contributed by atoms with E-state index in [9.17, 15) is 4.79 Å².